The van der Waals surface area contributed by atoms with Crippen molar-refractivity contribution >= 4 is 0 Å². The first-order chi connectivity index (χ1) is 7.92. The van der Waals surface area contributed by atoms with Crippen LogP contribution in [0.15, 0.2) is 42.9 Å². The second kappa shape index (κ2) is 5.26. The van der Waals surface area contributed by atoms with Crippen molar-refractivity contribution in [2.75, 3.05) is 6.61 Å². The van der Waals surface area contributed by atoms with Crippen LogP contribution in [0.2, 0.25) is 0 Å². The molecule has 0 amide bonds. The van der Waals surface area contributed by atoms with Crippen LogP contribution >= 0.6 is 0 Å². The van der Waals surface area contributed by atoms with Gasteiger partial charge in [0.15, 0.2) is 0 Å². The maximum Gasteiger partial charge on any atom is 0.128 e. The van der Waals surface area contributed by atoms with Crippen molar-refractivity contribution in [2.45, 2.75) is 13.3 Å². The predicted octanol–water partition coefficient (Wildman–Crippen LogP) is 2.93. The Kier molecular flexibility index (Phi) is 3.49. The Morgan fingerprint density at radius 1 is 1.19 bits per heavy atom. The third kappa shape index (κ3) is 2.37. The van der Waals surface area contributed by atoms with Crippen molar-refractivity contribution in [3.8, 4) is 17.0 Å². The summed E-state index contributed by atoms with van der Waals surface area (Å²) in [5, 5.41) is 0. The summed E-state index contributed by atoms with van der Waals surface area (Å²) in [6.45, 7) is 2.81. The smallest absolute Gasteiger partial charge is 0.128 e. The van der Waals surface area contributed by atoms with Crippen molar-refractivity contribution in [1.29, 1.82) is 0 Å². The lowest BCUT2D eigenvalue weighted by Crippen LogP contribution is -1.97. The Bertz CT molecular complexity index is 443. The second-order valence-electron chi connectivity index (χ2n) is 3.44. The summed E-state index contributed by atoms with van der Waals surface area (Å²) in [5.74, 6) is 0.878. The Morgan fingerprint density at radius 3 is 2.81 bits per heavy atom. The number of aromatic nitrogens is 2. The fourth-order valence-corrected chi connectivity index (χ4v) is 1.47. The summed E-state index contributed by atoms with van der Waals surface area (Å²) in [4.78, 5) is 8.14. The summed E-state index contributed by atoms with van der Waals surface area (Å²) < 4.78 is 5.68. The van der Waals surface area contributed by atoms with Crippen LogP contribution in [0.25, 0.3) is 11.3 Å². The molecule has 0 aliphatic rings. The molecule has 2 aromatic rings. The topological polar surface area (TPSA) is 35.0 Å². The highest BCUT2D eigenvalue weighted by molar-refractivity contribution is 5.66. The molecule has 0 N–H and O–H groups in total. The molecule has 0 saturated heterocycles. The van der Waals surface area contributed by atoms with Crippen LogP contribution in [0.3, 0.4) is 0 Å². The van der Waals surface area contributed by atoms with E-state index in [4.69, 9.17) is 4.74 Å². The lowest BCUT2D eigenvalue weighted by molar-refractivity contribution is 0.318. The first-order valence-electron chi connectivity index (χ1n) is 5.40. The molecule has 0 radical (unpaired) electrons. The zero-order chi connectivity index (χ0) is 11.2. The number of nitrogens with zero attached hydrogens (tertiary/aromatic N) is 2. The van der Waals surface area contributed by atoms with E-state index in [1.807, 2.05) is 30.3 Å². The largest absolute Gasteiger partial charge is 0.493 e. The molecule has 0 aliphatic carbocycles. The fraction of sp³-hybridized carbons (Fsp3) is 0.231. The van der Waals surface area contributed by atoms with Crippen LogP contribution in [-0.2, 0) is 0 Å². The quantitative estimate of drug-likeness (QED) is 0.784. The Balaban J connectivity index is 2.33. The molecule has 3 nitrogen and oxygen atoms in total. The van der Waals surface area contributed by atoms with Gasteiger partial charge in [-0.1, -0.05) is 19.1 Å². The highest BCUT2D eigenvalue weighted by atomic mass is 16.5. The van der Waals surface area contributed by atoms with E-state index >= 15 is 0 Å². The average Bonchev–Trinajstić information content (AvgIpc) is 2.38. The van der Waals surface area contributed by atoms with Crippen molar-refractivity contribution < 1.29 is 4.74 Å². The molecule has 82 valence electrons. The van der Waals surface area contributed by atoms with Gasteiger partial charge in [-0.15, -0.1) is 0 Å². The van der Waals surface area contributed by atoms with E-state index in [9.17, 15) is 0 Å². The zero-order valence-electron chi connectivity index (χ0n) is 9.26. The molecule has 3 heteroatoms. The summed E-state index contributed by atoms with van der Waals surface area (Å²) in [7, 11) is 0. The maximum absolute atomic E-state index is 5.68. The van der Waals surface area contributed by atoms with E-state index in [2.05, 4.69) is 16.9 Å². The van der Waals surface area contributed by atoms with Gasteiger partial charge in [0, 0.05) is 11.8 Å². The Labute approximate surface area is 95.1 Å². The number of ether oxygens (including phenoxy) is 1. The number of benzene rings is 1. The first kappa shape index (κ1) is 10.6. The van der Waals surface area contributed by atoms with Gasteiger partial charge in [-0.05, 0) is 24.6 Å². The summed E-state index contributed by atoms with van der Waals surface area (Å²) in [5.41, 5.74) is 1.90. The van der Waals surface area contributed by atoms with Gasteiger partial charge in [0.1, 0.15) is 12.1 Å². The van der Waals surface area contributed by atoms with Crippen molar-refractivity contribution in [2.24, 2.45) is 0 Å². The summed E-state index contributed by atoms with van der Waals surface area (Å²) >= 11 is 0. The molecular weight excluding hydrogens is 200 g/mol. The minimum Gasteiger partial charge on any atom is -0.493 e. The summed E-state index contributed by atoms with van der Waals surface area (Å²) in [6.07, 6.45) is 4.28. The van der Waals surface area contributed by atoms with E-state index in [1.54, 1.807) is 12.5 Å². The van der Waals surface area contributed by atoms with E-state index in [1.165, 1.54) is 0 Å². The van der Waals surface area contributed by atoms with Gasteiger partial charge in [0.25, 0.3) is 0 Å². The number of hydrogen-bond acceptors (Lipinski definition) is 3. The minimum absolute atomic E-state index is 0.724. The standard InChI is InChI=1S/C13H14N2O/c1-2-9-16-13-6-4-3-5-11(13)12-7-8-14-10-15-12/h3-8,10H,2,9H2,1H3. The predicted molar refractivity (Wildman–Crippen MR) is 63.3 cm³/mol. The highest BCUT2D eigenvalue weighted by Gasteiger charge is 2.05. The molecule has 1 aromatic carbocycles. The maximum atomic E-state index is 5.68. The molecule has 1 aromatic heterocycles. The Hall–Kier alpha value is -1.90. The Morgan fingerprint density at radius 2 is 2.06 bits per heavy atom. The van der Waals surface area contributed by atoms with E-state index in [-0.39, 0.29) is 0 Å². The monoisotopic (exact) mass is 214 g/mol. The molecule has 16 heavy (non-hydrogen) atoms. The second-order valence-corrected chi connectivity index (χ2v) is 3.44. The molecule has 0 spiro atoms. The molecule has 0 bridgehead atoms. The first-order valence-corrected chi connectivity index (χ1v) is 5.40. The zero-order valence-corrected chi connectivity index (χ0v) is 9.26. The van der Waals surface area contributed by atoms with Gasteiger partial charge in [-0.25, -0.2) is 9.97 Å². The molecule has 1 heterocycles. The van der Waals surface area contributed by atoms with E-state index in [0.29, 0.717) is 0 Å². The third-order valence-corrected chi connectivity index (χ3v) is 2.21. The molecule has 0 aliphatic heterocycles. The van der Waals surface area contributed by atoms with Crippen LogP contribution in [-0.4, -0.2) is 16.6 Å². The number of hydrogen-bond donors (Lipinski definition) is 0. The molecule has 0 unspecified atom stereocenters. The lowest BCUT2D eigenvalue weighted by atomic mass is 10.1. The van der Waals surface area contributed by atoms with E-state index < -0.39 is 0 Å². The SMILES string of the molecule is CCCOc1ccccc1-c1ccncn1. The van der Waals surface area contributed by atoms with Crippen LogP contribution < -0.4 is 4.74 Å². The number of rotatable bonds is 4. The highest BCUT2D eigenvalue weighted by Crippen LogP contribution is 2.27. The van der Waals surface area contributed by atoms with Gasteiger partial charge >= 0.3 is 0 Å². The molecule has 0 fully saturated rings. The van der Waals surface area contributed by atoms with Crippen LogP contribution in [0, 0.1) is 0 Å². The molecule has 2 rings (SSSR count). The van der Waals surface area contributed by atoms with Gasteiger partial charge < -0.3 is 4.74 Å². The van der Waals surface area contributed by atoms with Crippen molar-refractivity contribution in [1.82, 2.24) is 9.97 Å². The van der Waals surface area contributed by atoms with Crippen LogP contribution in [0.4, 0.5) is 0 Å². The fourth-order valence-electron chi connectivity index (χ4n) is 1.47. The summed E-state index contributed by atoms with van der Waals surface area (Å²) in [6, 6.07) is 9.81. The van der Waals surface area contributed by atoms with Crippen LogP contribution in [0.5, 0.6) is 5.75 Å². The lowest BCUT2D eigenvalue weighted by Gasteiger charge is -2.09. The van der Waals surface area contributed by atoms with Gasteiger partial charge in [-0.2, -0.15) is 0 Å². The van der Waals surface area contributed by atoms with Gasteiger partial charge in [0.2, 0.25) is 0 Å². The third-order valence-electron chi connectivity index (χ3n) is 2.21. The van der Waals surface area contributed by atoms with Gasteiger partial charge in [-0.3, -0.25) is 0 Å². The molecule has 0 saturated carbocycles. The molecular formula is C13H14N2O. The molecule has 0 atom stereocenters. The van der Waals surface area contributed by atoms with Crippen LogP contribution in [0.1, 0.15) is 13.3 Å². The normalized spacial score (nSPS) is 10.1. The van der Waals surface area contributed by atoms with E-state index in [0.717, 1.165) is 30.0 Å². The average molecular weight is 214 g/mol. The minimum atomic E-state index is 0.724. The number of para-hydroxylation sites is 1. The van der Waals surface area contributed by atoms with Crippen molar-refractivity contribution in [3.05, 3.63) is 42.9 Å². The van der Waals surface area contributed by atoms with Crippen molar-refractivity contribution in [3.63, 3.8) is 0 Å². The van der Waals surface area contributed by atoms with Gasteiger partial charge in [0.05, 0.1) is 12.3 Å².